The van der Waals surface area contributed by atoms with Crippen LogP contribution in [0.25, 0.3) is 11.0 Å². The van der Waals surface area contributed by atoms with Crippen LogP contribution in [-0.2, 0) is 24.0 Å². The lowest BCUT2D eigenvalue weighted by Crippen LogP contribution is -2.23. The van der Waals surface area contributed by atoms with Gasteiger partial charge in [-0.05, 0) is 96.1 Å². The van der Waals surface area contributed by atoms with Gasteiger partial charge in [0.25, 0.3) is 0 Å². The van der Waals surface area contributed by atoms with Crippen molar-refractivity contribution in [3.63, 3.8) is 0 Å². The van der Waals surface area contributed by atoms with E-state index in [1.165, 1.54) is 38.1 Å². The summed E-state index contributed by atoms with van der Waals surface area (Å²) in [6, 6.07) is 10.6. The summed E-state index contributed by atoms with van der Waals surface area (Å²) in [6.45, 7) is 26.5. The molecule has 1 heterocycles. The third-order valence-corrected chi connectivity index (χ3v) is 17.5. The Morgan fingerprint density at radius 2 is 0.802 bits per heavy atom. The highest BCUT2D eigenvalue weighted by Crippen LogP contribution is 2.39. The predicted octanol–water partition coefficient (Wildman–Crippen LogP) is 18.9. The number of hydrogen-bond acceptors (Lipinski definition) is 21. The minimum atomic E-state index is -0.634. The molecule has 1 aromatic heterocycles. The first-order valence-electron chi connectivity index (χ1n) is 35.9. The monoisotopic (exact) mass is 1430 g/mol. The number of ether oxygens (including phenoxy) is 3. The number of unbranched alkanes of at least 4 members (excludes halogenated alkanes) is 6. The standard InChI is InChI=1S/C31H48O7.C16H22O5.C16H20O4.C8H15ClO.C8H8O4/c1-8-13-16-21(6)29(33)37-26-19-25(36-30(34)23(11-4)17-14-9-2)20-27(28(26)22(7)32)38-31(35)24(12-5)18-15-10-3;1-3-5-6-10(4-2)12(18)9-15(21)16-13(19)7-11(17)8-14(16)20;1-3-5-6-10(4-2)14-9-13(19)16-12(18)7-11(17)8-15(16)20-14;1-3-5-6-7(4-2)8(9)10;1-4(9)8-6(11)2-5(10)3-7(8)12/h19-21,23-24H,8-18H2,1-7H3;7-8,10,17,19-20H,3-6,9H2,1-2H3;7-10,17-18H,3-6H2,1-2H3;7H,3-6H2,1-2H3;2-3,10-12H,1H3. The summed E-state index contributed by atoms with van der Waals surface area (Å²) in [5, 5.41) is 74.8. The number of benzene rings is 4. The molecule has 0 amide bonds. The molecule has 101 heavy (non-hydrogen) atoms. The molecule has 4 aromatic carbocycles. The second-order valence-corrected chi connectivity index (χ2v) is 25.8. The third kappa shape index (κ3) is 31.1. The summed E-state index contributed by atoms with van der Waals surface area (Å²) in [5.41, 5.74) is -0.537. The fourth-order valence-corrected chi connectivity index (χ4v) is 11.2. The van der Waals surface area contributed by atoms with Gasteiger partial charge in [0, 0.05) is 72.4 Å². The minimum Gasteiger partial charge on any atom is -0.508 e. The van der Waals surface area contributed by atoms with Gasteiger partial charge in [-0.25, -0.2) is 0 Å². The van der Waals surface area contributed by atoms with Crippen molar-refractivity contribution in [2.24, 2.45) is 29.6 Å². The van der Waals surface area contributed by atoms with Crippen molar-refractivity contribution in [2.75, 3.05) is 0 Å². The number of rotatable bonds is 37. The largest absolute Gasteiger partial charge is 0.508 e. The molecule has 0 aliphatic rings. The Morgan fingerprint density at radius 1 is 0.426 bits per heavy atom. The Labute approximate surface area is 601 Å². The Bertz CT molecular complexity index is 3470. The molecule has 0 aliphatic heterocycles. The molecule has 6 atom stereocenters. The molecule has 0 bridgehead atoms. The highest BCUT2D eigenvalue weighted by Gasteiger charge is 2.29. The number of fused-ring (bicyclic) bond motifs is 1. The molecule has 5 rings (SSSR count). The lowest BCUT2D eigenvalue weighted by molar-refractivity contribution is -0.139. The van der Waals surface area contributed by atoms with Crippen molar-refractivity contribution in [1.29, 1.82) is 0 Å². The second-order valence-electron chi connectivity index (χ2n) is 25.4. The van der Waals surface area contributed by atoms with Crippen LogP contribution in [0.3, 0.4) is 0 Å². The van der Waals surface area contributed by atoms with Gasteiger partial charge >= 0.3 is 17.9 Å². The Hall–Kier alpha value is -8.46. The SMILES string of the molecule is CC(=O)c1c(O)cc(O)cc1O.CCCCC(C)C(=O)Oc1cc(OC(=O)C(CC)CCCC)cc(OC(=O)C(CC)CCCC)c1C(C)=O.CCCCC(CC)C(=O)CC(=O)c1c(O)cc(O)cc1O.CCCCC(CC)C(=O)Cl.CCCCC(CC)c1cc(=O)c2c(O)cc(O)cc2o1. The van der Waals surface area contributed by atoms with E-state index >= 15 is 0 Å². The van der Waals surface area contributed by atoms with Gasteiger partial charge in [0.15, 0.2) is 22.8 Å². The van der Waals surface area contributed by atoms with E-state index in [9.17, 15) is 68.7 Å². The van der Waals surface area contributed by atoms with Crippen molar-refractivity contribution >= 4 is 68.9 Å². The third-order valence-electron chi connectivity index (χ3n) is 17.2. The lowest BCUT2D eigenvalue weighted by atomic mass is 9.90. The highest BCUT2D eigenvalue weighted by atomic mass is 35.5. The first-order valence-corrected chi connectivity index (χ1v) is 36.3. The van der Waals surface area contributed by atoms with Crippen molar-refractivity contribution in [3.05, 3.63) is 87.3 Å². The number of phenols is 8. The normalized spacial score (nSPS) is 12.5. The number of esters is 3. The van der Waals surface area contributed by atoms with E-state index in [1.54, 1.807) is 6.92 Å². The van der Waals surface area contributed by atoms with Gasteiger partial charge < -0.3 is 59.5 Å². The van der Waals surface area contributed by atoms with Gasteiger partial charge in [0.2, 0.25) is 5.24 Å². The van der Waals surface area contributed by atoms with Crippen LogP contribution in [0.5, 0.6) is 63.2 Å². The molecule has 0 fully saturated rings. The molecule has 0 radical (unpaired) electrons. The number of halogens is 1. The van der Waals surface area contributed by atoms with Crippen LogP contribution >= 0.6 is 11.6 Å². The Morgan fingerprint density at radius 3 is 1.22 bits per heavy atom. The van der Waals surface area contributed by atoms with E-state index in [0.29, 0.717) is 44.3 Å². The number of ketones is 4. The van der Waals surface area contributed by atoms with E-state index in [1.807, 2.05) is 41.5 Å². The van der Waals surface area contributed by atoms with E-state index in [4.69, 9.17) is 45.5 Å². The molecule has 6 unspecified atom stereocenters. The molecule has 21 nitrogen and oxygen atoms in total. The number of carbonyl (C=O) groups excluding carboxylic acids is 8. The summed E-state index contributed by atoms with van der Waals surface area (Å²) < 4.78 is 22.8. The summed E-state index contributed by atoms with van der Waals surface area (Å²) in [5.74, 6) is -6.23. The van der Waals surface area contributed by atoms with Crippen molar-refractivity contribution in [2.45, 2.75) is 257 Å². The zero-order valence-corrected chi connectivity index (χ0v) is 62.6. The summed E-state index contributed by atoms with van der Waals surface area (Å²) in [7, 11) is 0. The topological polar surface area (TPSA) is 356 Å². The number of carbonyl (C=O) groups is 8. The number of hydrogen-bond donors (Lipinski definition) is 8. The molecule has 562 valence electrons. The molecular weight excluding hydrogens is 1320 g/mol. The zero-order valence-electron chi connectivity index (χ0n) is 61.9. The van der Waals surface area contributed by atoms with E-state index in [0.717, 1.165) is 139 Å². The summed E-state index contributed by atoms with van der Waals surface area (Å²) in [4.78, 5) is 109. The second kappa shape index (κ2) is 48.4. The molecule has 0 spiro atoms. The maximum Gasteiger partial charge on any atom is 0.314 e. The fraction of sp³-hybridized carbons (Fsp3) is 0.557. The molecule has 8 N–H and O–H groups in total. The van der Waals surface area contributed by atoms with E-state index < -0.39 is 58.3 Å². The lowest BCUT2D eigenvalue weighted by Gasteiger charge is -2.19. The zero-order chi connectivity index (χ0) is 76.6. The molecule has 22 heteroatoms. The van der Waals surface area contributed by atoms with Crippen LogP contribution in [0.4, 0.5) is 0 Å². The average molecular weight is 1430 g/mol. The first kappa shape index (κ1) is 90.6. The van der Waals surface area contributed by atoms with Gasteiger partial charge in [-0.3, -0.25) is 43.2 Å². The highest BCUT2D eigenvalue weighted by molar-refractivity contribution is 6.64. The Balaban J connectivity index is 0.000000686. The average Bonchev–Trinajstić information content (AvgIpc) is 0.795. The smallest absolute Gasteiger partial charge is 0.314 e. The maximum absolute atomic E-state index is 13.0. The van der Waals surface area contributed by atoms with Gasteiger partial charge in [-0.2, -0.15) is 0 Å². The number of phenolic OH excluding ortho intramolecular Hbond substituents is 8. The number of aromatic hydroxyl groups is 8. The first-order chi connectivity index (χ1) is 47.8. The van der Waals surface area contributed by atoms with Gasteiger partial charge in [-0.15, -0.1) is 0 Å². The molecule has 5 aromatic rings. The van der Waals surface area contributed by atoms with Crippen LogP contribution < -0.4 is 19.6 Å². The fourth-order valence-electron chi connectivity index (χ4n) is 10.9. The molecule has 0 aliphatic carbocycles. The van der Waals surface area contributed by atoms with Crippen molar-refractivity contribution in [1.82, 2.24) is 0 Å². The predicted molar refractivity (Wildman–Crippen MR) is 391 cm³/mol. The summed E-state index contributed by atoms with van der Waals surface area (Å²) >= 11 is 5.34. The van der Waals surface area contributed by atoms with Gasteiger partial charge in [-0.1, -0.05) is 160 Å². The Kier molecular flexibility index (Phi) is 43.4. The molecule has 0 saturated carbocycles. The van der Waals surface area contributed by atoms with Crippen LogP contribution in [0.2, 0.25) is 0 Å². The van der Waals surface area contributed by atoms with E-state index in [2.05, 4.69) is 34.6 Å². The van der Waals surface area contributed by atoms with Crippen LogP contribution in [0, 0.1) is 29.6 Å². The van der Waals surface area contributed by atoms with Crippen LogP contribution in [0.1, 0.15) is 294 Å². The van der Waals surface area contributed by atoms with Crippen molar-refractivity contribution in [3.8, 4) is 63.2 Å². The summed E-state index contributed by atoms with van der Waals surface area (Å²) in [6.07, 6.45) is 19.8. The van der Waals surface area contributed by atoms with Crippen LogP contribution in [-0.4, -0.2) is 87.1 Å². The molecule has 0 saturated heterocycles. The van der Waals surface area contributed by atoms with E-state index in [-0.39, 0.29) is 126 Å². The van der Waals surface area contributed by atoms with Gasteiger partial charge in [0.1, 0.15) is 102 Å². The number of Topliss-reactive ketones (excluding diaryl/α,β-unsaturated/α-hetero) is 4. The van der Waals surface area contributed by atoms with Gasteiger partial charge in [0.05, 0.1) is 24.2 Å². The quantitative estimate of drug-likeness (QED) is 0.00602. The molecular formula is C79H113ClO21. The minimum absolute atomic E-state index is 0.0161. The van der Waals surface area contributed by atoms with Crippen molar-refractivity contribution < 1.29 is 97.8 Å². The maximum atomic E-state index is 13.0. The van der Waals surface area contributed by atoms with Crippen LogP contribution in [0.15, 0.2) is 63.8 Å².